The number of pyridine rings is 2. The Balaban J connectivity index is 1.47. The molecule has 0 aliphatic carbocycles. The van der Waals surface area contributed by atoms with Crippen molar-refractivity contribution < 1.29 is 4.79 Å². The van der Waals surface area contributed by atoms with Gasteiger partial charge in [-0.2, -0.15) is 5.10 Å². The van der Waals surface area contributed by atoms with Crippen LogP contribution in [0.1, 0.15) is 28.7 Å². The number of fused-ring (bicyclic) bond motifs is 2. The van der Waals surface area contributed by atoms with E-state index >= 15 is 0 Å². The van der Waals surface area contributed by atoms with Gasteiger partial charge in [0, 0.05) is 23.2 Å². The van der Waals surface area contributed by atoms with E-state index in [2.05, 4.69) is 31.6 Å². The number of aromatic amines is 2. The van der Waals surface area contributed by atoms with E-state index in [1.165, 1.54) is 16.9 Å². The lowest BCUT2D eigenvalue weighted by molar-refractivity contribution is 0.102. The van der Waals surface area contributed by atoms with E-state index in [0.29, 0.717) is 17.2 Å². The summed E-state index contributed by atoms with van der Waals surface area (Å²) in [6, 6.07) is 9.79. The van der Waals surface area contributed by atoms with Crippen molar-refractivity contribution in [2.75, 3.05) is 13.1 Å². The van der Waals surface area contributed by atoms with E-state index in [1.54, 1.807) is 13.1 Å². The van der Waals surface area contributed by atoms with Gasteiger partial charge in [0.25, 0.3) is 0 Å². The number of carbonyl (C=O) groups is 1. The Bertz CT molecular complexity index is 1520. The van der Waals surface area contributed by atoms with Crippen molar-refractivity contribution >= 4 is 44.9 Å². The molecule has 0 bridgehead atoms. The number of nitrogens with zero attached hydrogens (tertiary/aromatic N) is 4. The van der Waals surface area contributed by atoms with Gasteiger partial charge in [-0.15, -0.1) is 11.3 Å². The first-order chi connectivity index (χ1) is 15.7. The SMILES string of the molecule is CC(=O)c1ccc(-c2ccnc3nc(-c4n[nH]c5ccc(C6=CCNCC6)nc45)[nH]c23)s1. The normalized spacial score (nSPS) is 14.2. The van der Waals surface area contributed by atoms with Gasteiger partial charge in [-0.3, -0.25) is 9.89 Å². The van der Waals surface area contributed by atoms with Gasteiger partial charge < -0.3 is 10.3 Å². The Kier molecular flexibility index (Phi) is 4.44. The maximum atomic E-state index is 11.7. The highest BCUT2D eigenvalue weighted by Gasteiger charge is 2.18. The van der Waals surface area contributed by atoms with Crippen LogP contribution in [-0.2, 0) is 0 Å². The predicted octanol–water partition coefficient (Wildman–Crippen LogP) is 4.20. The van der Waals surface area contributed by atoms with Crippen molar-refractivity contribution in [1.82, 2.24) is 35.5 Å². The third-order valence-electron chi connectivity index (χ3n) is 5.64. The molecule has 0 saturated heterocycles. The van der Waals surface area contributed by atoms with Crippen molar-refractivity contribution in [3.63, 3.8) is 0 Å². The van der Waals surface area contributed by atoms with Crippen molar-refractivity contribution in [1.29, 1.82) is 0 Å². The highest BCUT2D eigenvalue weighted by Crippen LogP contribution is 2.34. The van der Waals surface area contributed by atoms with Crippen LogP contribution in [0.4, 0.5) is 0 Å². The summed E-state index contributed by atoms with van der Waals surface area (Å²) >= 11 is 1.47. The summed E-state index contributed by atoms with van der Waals surface area (Å²) < 4.78 is 0. The van der Waals surface area contributed by atoms with E-state index in [0.717, 1.165) is 57.1 Å². The Labute approximate surface area is 186 Å². The highest BCUT2D eigenvalue weighted by atomic mass is 32.1. The molecule has 8 nitrogen and oxygen atoms in total. The van der Waals surface area contributed by atoms with Crippen LogP contribution in [0.3, 0.4) is 0 Å². The van der Waals surface area contributed by atoms with Gasteiger partial charge >= 0.3 is 0 Å². The summed E-state index contributed by atoms with van der Waals surface area (Å²) in [7, 11) is 0. The molecule has 1 aliphatic heterocycles. The van der Waals surface area contributed by atoms with Crippen molar-refractivity contribution in [2.24, 2.45) is 0 Å². The monoisotopic (exact) mass is 441 g/mol. The lowest BCUT2D eigenvalue weighted by atomic mass is 10.1. The third kappa shape index (κ3) is 3.14. The fraction of sp³-hybridized carbons (Fsp3) is 0.174. The second-order valence-corrected chi connectivity index (χ2v) is 8.79. The van der Waals surface area contributed by atoms with Crippen LogP contribution in [0.25, 0.3) is 49.7 Å². The molecule has 0 aromatic carbocycles. The minimum Gasteiger partial charge on any atom is -0.335 e. The molecule has 3 N–H and O–H groups in total. The fourth-order valence-electron chi connectivity index (χ4n) is 4.00. The summed E-state index contributed by atoms with van der Waals surface area (Å²) in [6.07, 6.45) is 4.87. The number of H-pyrrole nitrogens is 2. The summed E-state index contributed by atoms with van der Waals surface area (Å²) in [5, 5.41) is 10.9. The second-order valence-electron chi connectivity index (χ2n) is 7.71. The van der Waals surface area contributed by atoms with Crippen LogP contribution in [-0.4, -0.2) is 49.0 Å². The lowest BCUT2D eigenvalue weighted by Crippen LogP contribution is -2.20. The van der Waals surface area contributed by atoms with Crippen molar-refractivity contribution in [3.05, 3.63) is 53.2 Å². The predicted molar refractivity (Wildman–Crippen MR) is 126 cm³/mol. The molecule has 0 unspecified atom stereocenters. The van der Waals surface area contributed by atoms with Gasteiger partial charge in [-0.25, -0.2) is 15.0 Å². The molecule has 5 aromatic rings. The lowest BCUT2D eigenvalue weighted by Gasteiger charge is -2.13. The zero-order valence-corrected chi connectivity index (χ0v) is 18.1. The molecule has 0 spiro atoms. The number of aromatic nitrogens is 6. The van der Waals surface area contributed by atoms with Gasteiger partial charge in [0.15, 0.2) is 22.9 Å². The fourth-order valence-corrected chi connectivity index (χ4v) is 4.93. The third-order valence-corrected chi connectivity index (χ3v) is 6.85. The number of imidazole rings is 1. The number of thiophene rings is 1. The molecule has 0 saturated carbocycles. The van der Waals surface area contributed by atoms with Crippen LogP contribution in [0.2, 0.25) is 0 Å². The number of ketones is 1. The first-order valence-corrected chi connectivity index (χ1v) is 11.2. The topological polar surface area (TPSA) is 112 Å². The molecule has 9 heteroatoms. The standard InChI is InChI=1S/C23H19N7OS/c1-12(31)17-4-5-18(32-17)14-8-11-25-22-19(14)27-23(28-22)21-20-16(29-30-21)3-2-15(26-20)13-6-9-24-10-7-13/h2-6,8,11,24H,7,9-10H2,1H3,(H,29,30)(H,25,27,28). The number of hydrogen-bond acceptors (Lipinski definition) is 7. The zero-order valence-electron chi connectivity index (χ0n) is 17.3. The maximum absolute atomic E-state index is 11.7. The maximum Gasteiger partial charge on any atom is 0.178 e. The van der Waals surface area contributed by atoms with Gasteiger partial charge in [0.2, 0.25) is 0 Å². The molecular formula is C23H19N7OS. The minimum atomic E-state index is 0.0607. The summed E-state index contributed by atoms with van der Waals surface area (Å²) in [5.41, 5.74) is 6.87. The first-order valence-electron chi connectivity index (χ1n) is 10.4. The summed E-state index contributed by atoms with van der Waals surface area (Å²) in [5.74, 6) is 0.670. The Morgan fingerprint density at radius 1 is 1.12 bits per heavy atom. The molecular weight excluding hydrogens is 422 g/mol. The molecule has 158 valence electrons. The smallest absolute Gasteiger partial charge is 0.178 e. The molecule has 0 radical (unpaired) electrons. The van der Waals surface area contributed by atoms with Crippen molar-refractivity contribution in [3.8, 4) is 22.0 Å². The highest BCUT2D eigenvalue weighted by molar-refractivity contribution is 7.17. The second kappa shape index (κ2) is 7.47. The number of Topliss-reactive ketones (excluding diaryl/α,β-unsaturated/α-hetero) is 1. The van der Waals surface area contributed by atoms with Gasteiger partial charge in [0.05, 0.1) is 21.6 Å². The molecule has 0 fully saturated rings. The summed E-state index contributed by atoms with van der Waals surface area (Å²) in [6.45, 7) is 3.39. The van der Waals surface area contributed by atoms with E-state index in [9.17, 15) is 4.79 Å². The molecule has 32 heavy (non-hydrogen) atoms. The van der Waals surface area contributed by atoms with E-state index in [1.807, 2.05) is 30.3 Å². The van der Waals surface area contributed by atoms with E-state index < -0.39 is 0 Å². The van der Waals surface area contributed by atoms with Gasteiger partial charge in [-0.1, -0.05) is 6.08 Å². The molecule has 6 heterocycles. The van der Waals surface area contributed by atoms with Gasteiger partial charge in [-0.05, 0) is 55.8 Å². The molecule has 0 atom stereocenters. The Morgan fingerprint density at radius 2 is 2.06 bits per heavy atom. The van der Waals surface area contributed by atoms with Crippen LogP contribution in [0.15, 0.2) is 42.6 Å². The van der Waals surface area contributed by atoms with E-state index in [4.69, 9.17) is 9.97 Å². The zero-order chi connectivity index (χ0) is 21.7. The number of rotatable bonds is 4. The van der Waals surface area contributed by atoms with E-state index in [-0.39, 0.29) is 5.78 Å². The minimum absolute atomic E-state index is 0.0607. The molecule has 6 rings (SSSR count). The van der Waals surface area contributed by atoms with Crippen LogP contribution >= 0.6 is 11.3 Å². The van der Waals surface area contributed by atoms with Crippen LogP contribution in [0.5, 0.6) is 0 Å². The largest absolute Gasteiger partial charge is 0.335 e. The average Bonchev–Trinajstić information content (AvgIpc) is 3.56. The first kappa shape index (κ1) is 19.0. The molecule has 0 amide bonds. The molecule has 1 aliphatic rings. The summed E-state index contributed by atoms with van der Waals surface area (Å²) in [4.78, 5) is 30.9. The van der Waals surface area contributed by atoms with Gasteiger partial charge in [0.1, 0.15) is 5.52 Å². The van der Waals surface area contributed by atoms with Crippen LogP contribution < -0.4 is 5.32 Å². The number of hydrogen-bond donors (Lipinski definition) is 3. The Morgan fingerprint density at radius 3 is 2.88 bits per heavy atom. The number of carbonyl (C=O) groups excluding carboxylic acids is 1. The average molecular weight is 442 g/mol. The number of nitrogens with one attached hydrogen (secondary N) is 3. The van der Waals surface area contributed by atoms with Crippen LogP contribution in [0, 0.1) is 0 Å². The quantitative estimate of drug-likeness (QED) is 0.360. The van der Waals surface area contributed by atoms with Crippen molar-refractivity contribution in [2.45, 2.75) is 13.3 Å². The molecule has 5 aromatic heterocycles. The Hall–Kier alpha value is -3.69.